The summed E-state index contributed by atoms with van der Waals surface area (Å²) in [6, 6.07) is 8.89. The maximum atomic E-state index is 12.8. The molecular formula is C18H15ClF3N3O. The van der Waals surface area contributed by atoms with E-state index in [1.807, 2.05) is 12.1 Å². The number of imidazole rings is 1. The Bertz CT molecular complexity index is 920. The quantitative estimate of drug-likeness (QED) is 0.612. The average Bonchev–Trinajstić information content (AvgIpc) is 2.98. The number of hydrogen-bond donors (Lipinski definition) is 0. The van der Waals surface area contributed by atoms with Crippen molar-refractivity contribution in [1.82, 2.24) is 14.5 Å². The van der Waals surface area contributed by atoms with Crippen LogP contribution in [0.5, 0.6) is 5.75 Å². The van der Waals surface area contributed by atoms with Crippen molar-refractivity contribution in [1.29, 1.82) is 0 Å². The first-order valence-electron chi connectivity index (χ1n) is 7.66. The number of rotatable bonds is 4. The van der Waals surface area contributed by atoms with E-state index in [1.165, 1.54) is 11.6 Å². The Morgan fingerprint density at radius 3 is 2.46 bits per heavy atom. The first-order chi connectivity index (χ1) is 12.3. The second kappa shape index (κ2) is 6.99. The van der Waals surface area contributed by atoms with Gasteiger partial charge >= 0.3 is 6.18 Å². The molecule has 136 valence electrons. The van der Waals surface area contributed by atoms with E-state index in [9.17, 15) is 13.2 Å². The normalized spacial score (nSPS) is 11.6. The molecule has 0 N–H and O–H groups in total. The van der Waals surface area contributed by atoms with Gasteiger partial charge in [-0.2, -0.15) is 13.2 Å². The van der Waals surface area contributed by atoms with Crippen molar-refractivity contribution in [2.24, 2.45) is 7.05 Å². The molecule has 8 heteroatoms. The van der Waals surface area contributed by atoms with Crippen molar-refractivity contribution in [3.8, 4) is 17.1 Å². The van der Waals surface area contributed by atoms with E-state index < -0.39 is 11.9 Å². The summed E-state index contributed by atoms with van der Waals surface area (Å²) >= 11 is 5.93. The van der Waals surface area contributed by atoms with Gasteiger partial charge in [-0.15, -0.1) is 0 Å². The van der Waals surface area contributed by atoms with Gasteiger partial charge in [0.1, 0.15) is 16.7 Å². The molecule has 0 saturated heterocycles. The number of aryl methyl sites for hydroxylation is 1. The number of methoxy groups -OCH3 is 1. The van der Waals surface area contributed by atoms with E-state index in [1.54, 1.807) is 31.5 Å². The largest absolute Gasteiger partial charge is 0.495 e. The number of hydrogen-bond acceptors (Lipinski definition) is 3. The van der Waals surface area contributed by atoms with Crippen LogP contribution in [0.1, 0.15) is 16.8 Å². The van der Waals surface area contributed by atoms with E-state index in [0.29, 0.717) is 22.9 Å². The number of alkyl halides is 3. The molecule has 3 rings (SSSR count). The predicted octanol–water partition coefficient (Wildman–Crippen LogP) is 4.75. The molecule has 0 aliphatic heterocycles. The first-order valence-corrected chi connectivity index (χ1v) is 8.04. The third-order valence-corrected chi connectivity index (χ3v) is 4.12. The van der Waals surface area contributed by atoms with Gasteiger partial charge in [-0.3, -0.25) is 0 Å². The fourth-order valence-corrected chi connectivity index (χ4v) is 2.82. The summed E-state index contributed by atoms with van der Waals surface area (Å²) in [4.78, 5) is 7.67. The van der Waals surface area contributed by atoms with E-state index in [-0.39, 0.29) is 5.82 Å². The molecule has 0 amide bonds. The highest BCUT2D eigenvalue weighted by Crippen LogP contribution is 2.31. The van der Waals surface area contributed by atoms with Gasteiger partial charge in [0.15, 0.2) is 5.69 Å². The number of halogens is 4. The molecule has 2 heterocycles. The van der Waals surface area contributed by atoms with Gasteiger partial charge in [0.05, 0.1) is 13.3 Å². The minimum atomic E-state index is -4.47. The number of pyridine rings is 1. The van der Waals surface area contributed by atoms with Crippen LogP contribution < -0.4 is 4.74 Å². The highest BCUT2D eigenvalue weighted by atomic mass is 35.5. The van der Waals surface area contributed by atoms with Crippen LogP contribution in [0.3, 0.4) is 0 Å². The van der Waals surface area contributed by atoms with Gasteiger partial charge < -0.3 is 9.30 Å². The number of ether oxygens (including phenoxy) is 1. The molecule has 2 aromatic heterocycles. The molecule has 26 heavy (non-hydrogen) atoms. The van der Waals surface area contributed by atoms with Crippen molar-refractivity contribution >= 4 is 11.6 Å². The summed E-state index contributed by atoms with van der Waals surface area (Å²) in [5.74, 6) is 0.880. The molecule has 0 unspecified atom stereocenters. The maximum Gasteiger partial charge on any atom is 0.434 e. The molecule has 1 aromatic carbocycles. The van der Waals surface area contributed by atoms with Crippen LogP contribution in [0.15, 0.2) is 42.7 Å². The molecule has 0 spiro atoms. The molecule has 0 saturated carbocycles. The summed E-state index contributed by atoms with van der Waals surface area (Å²) in [5, 5.41) is 0.366. The number of aromatic nitrogens is 3. The molecule has 0 aliphatic carbocycles. The Balaban J connectivity index is 1.86. The standard InChI is InChI=1S/C18H15ClF3N3O/c1-25-10-15(18(20,21)22)24-17(25)12-5-3-11(4-6-12)7-13-8-16(19)23-9-14(13)26-2/h3-6,8-10H,7H2,1-2H3. The van der Waals surface area contributed by atoms with Crippen LogP contribution in [-0.2, 0) is 19.6 Å². The van der Waals surface area contributed by atoms with E-state index in [4.69, 9.17) is 16.3 Å². The van der Waals surface area contributed by atoms with Crippen molar-refractivity contribution in [3.05, 3.63) is 64.7 Å². The lowest BCUT2D eigenvalue weighted by atomic mass is 10.0. The maximum absolute atomic E-state index is 12.8. The number of benzene rings is 1. The van der Waals surface area contributed by atoms with Gasteiger partial charge in [0.25, 0.3) is 0 Å². The summed E-state index contributed by atoms with van der Waals surface area (Å²) in [6.45, 7) is 0. The van der Waals surface area contributed by atoms with E-state index in [0.717, 1.165) is 17.3 Å². The summed E-state index contributed by atoms with van der Waals surface area (Å²) < 4.78 is 45.1. The van der Waals surface area contributed by atoms with E-state index in [2.05, 4.69) is 9.97 Å². The summed E-state index contributed by atoms with van der Waals surface area (Å²) in [7, 11) is 3.09. The van der Waals surface area contributed by atoms with Gasteiger partial charge in [0, 0.05) is 30.8 Å². The van der Waals surface area contributed by atoms with E-state index >= 15 is 0 Å². The van der Waals surface area contributed by atoms with Crippen molar-refractivity contribution in [2.45, 2.75) is 12.6 Å². The SMILES string of the molecule is COc1cnc(Cl)cc1Cc1ccc(-c2nc(C(F)(F)F)cn2C)cc1. The molecule has 0 bridgehead atoms. The van der Waals surface area contributed by atoms with Crippen LogP contribution in [0, 0.1) is 0 Å². The molecule has 0 fully saturated rings. The Morgan fingerprint density at radius 1 is 1.19 bits per heavy atom. The van der Waals surface area contributed by atoms with Crippen molar-refractivity contribution in [2.75, 3.05) is 7.11 Å². The zero-order chi connectivity index (χ0) is 18.9. The van der Waals surface area contributed by atoms with Crippen LogP contribution >= 0.6 is 11.6 Å². The Hall–Kier alpha value is -2.54. The molecule has 0 radical (unpaired) electrons. The lowest BCUT2D eigenvalue weighted by Gasteiger charge is -2.09. The Morgan fingerprint density at radius 2 is 1.88 bits per heavy atom. The molecule has 3 aromatic rings. The highest BCUT2D eigenvalue weighted by Gasteiger charge is 2.34. The molecule has 0 atom stereocenters. The lowest BCUT2D eigenvalue weighted by molar-refractivity contribution is -0.140. The summed E-state index contributed by atoms with van der Waals surface area (Å²) in [5.41, 5.74) is 1.53. The van der Waals surface area contributed by atoms with Gasteiger partial charge in [-0.05, 0) is 11.6 Å². The van der Waals surface area contributed by atoms with Gasteiger partial charge in [0.2, 0.25) is 0 Å². The molecule has 4 nitrogen and oxygen atoms in total. The zero-order valence-corrected chi connectivity index (χ0v) is 14.8. The van der Waals surface area contributed by atoms with Crippen LogP contribution in [0.4, 0.5) is 13.2 Å². The third kappa shape index (κ3) is 3.83. The third-order valence-electron chi connectivity index (χ3n) is 3.91. The minimum absolute atomic E-state index is 0.258. The van der Waals surface area contributed by atoms with Crippen molar-refractivity contribution in [3.63, 3.8) is 0 Å². The zero-order valence-electron chi connectivity index (χ0n) is 14.0. The van der Waals surface area contributed by atoms with Crippen LogP contribution in [0.2, 0.25) is 5.15 Å². The smallest absolute Gasteiger partial charge is 0.434 e. The van der Waals surface area contributed by atoms with Gasteiger partial charge in [-0.25, -0.2) is 9.97 Å². The Kier molecular flexibility index (Phi) is 4.91. The average molecular weight is 382 g/mol. The monoisotopic (exact) mass is 381 g/mol. The second-order valence-corrected chi connectivity index (χ2v) is 6.14. The second-order valence-electron chi connectivity index (χ2n) is 5.75. The minimum Gasteiger partial charge on any atom is -0.495 e. The molecule has 0 aliphatic rings. The lowest BCUT2D eigenvalue weighted by Crippen LogP contribution is -2.04. The van der Waals surface area contributed by atoms with Crippen LogP contribution in [-0.4, -0.2) is 21.6 Å². The first kappa shape index (κ1) is 18.3. The summed E-state index contributed by atoms with van der Waals surface area (Å²) in [6.07, 6.45) is -1.38. The predicted molar refractivity (Wildman–Crippen MR) is 92.3 cm³/mol. The molecular weight excluding hydrogens is 367 g/mol. The van der Waals surface area contributed by atoms with Crippen LogP contribution in [0.25, 0.3) is 11.4 Å². The van der Waals surface area contributed by atoms with Gasteiger partial charge in [-0.1, -0.05) is 35.9 Å². The fraction of sp³-hybridized carbons (Fsp3) is 0.222. The number of nitrogens with zero attached hydrogens (tertiary/aromatic N) is 3. The highest BCUT2D eigenvalue weighted by molar-refractivity contribution is 6.29. The Labute approximate surface area is 153 Å². The fourth-order valence-electron chi connectivity index (χ4n) is 2.64. The van der Waals surface area contributed by atoms with Crippen molar-refractivity contribution < 1.29 is 17.9 Å². The topological polar surface area (TPSA) is 39.9 Å².